The first kappa shape index (κ1) is 12.1. The molecule has 0 unspecified atom stereocenters. The number of fused-ring (bicyclic) bond motifs is 2. The molecule has 5 aromatic carbocycles. The fourth-order valence-electron chi connectivity index (χ4n) is 4.30. The molecule has 1 aliphatic rings. The van der Waals surface area contributed by atoms with Crippen LogP contribution in [0.1, 0.15) is 13.7 Å². The smallest absolute Gasteiger partial charge is 0.160 e. The van der Waals surface area contributed by atoms with E-state index < -0.39 is 60.4 Å². The van der Waals surface area contributed by atoms with Crippen molar-refractivity contribution in [2.75, 3.05) is 0 Å². The van der Waals surface area contributed by atoms with Crippen LogP contribution in [-0.4, -0.2) is 9.97 Å². The number of hydrogen-bond acceptors (Lipinski definition) is 3. The number of benzene rings is 5. The van der Waals surface area contributed by atoms with Gasteiger partial charge >= 0.3 is 0 Å². The second kappa shape index (κ2) is 7.93. The van der Waals surface area contributed by atoms with Crippen LogP contribution in [0.5, 0.6) is 11.5 Å². The van der Waals surface area contributed by atoms with E-state index in [1.165, 1.54) is 6.07 Å². The van der Waals surface area contributed by atoms with Crippen molar-refractivity contribution in [1.29, 1.82) is 0 Å². The molecule has 3 nitrogen and oxygen atoms in total. The van der Waals surface area contributed by atoms with E-state index in [1.54, 1.807) is 12.1 Å². The zero-order valence-electron chi connectivity index (χ0n) is 28.1. The molecule has 3 heteroatoms. The van der Waals surface area contributed by atoms with E-state index in [0.717, 1.165) is 27.6 Å². The van der Waals surface area contributed by atoms with Gasteiger partial charge in [0.05, 0.1) is 25.1 Å². The summed E-state index contributed by atoms with van der Waals surface area (Å²) in [5, 5.41) is 1.93. The first-order valence-corrected chi connectivity index (χ1v) is 10.9. The normalized spacial score (nSPS) is 15.7. The summed E-state index contributed by atoms with van der Waals surface area (Å²) in [4.78, 5) is 9.07. The van der Waals surface area contributed by atoms with Crippen LogP contribution >= 0.6 is 0 Å². The number of rotatable bonds is 3. The lowest BCUT2D eigenvalue weighted by Crippen LogP contribution is -1.99. The molecule has 0 bridgehead atoms. The zero-order valence-corrected chi connectivity index (χ0v) is 18.1. The summed E-state index contributed by atoms with van der Waals surface area (Å²) in [5.41, 5.74) is 1.91. The van der Waals surface area contributed by atoms with Gasteiger partial charge in [-0.15, -0.1) is 0 Å². The standard InChI is InChI=1S/C32H20N2O/c1-3-9-21(10-4-1)27-20-28(34-32(33-27)23-11-5-2-6-12-23)24-17-18-29-26(19-24)25-15-7-13-22-14-8-16-30(35-29)31(22)25/h1-20H/i1D,2D,3D,4D,5D,6D,9D,10D,11D,12D. The number of hydrogen-bond donors (Lipinski definition) is 0. The average molecular weight is 459 g/mol. The number of nitrogens with zero attached hydrogens (tertiary/aromatic N) is 2. The fraction of sp³-hybridized carbons (Fsp3) is 0. The summed E-state index contributed by atoms with van der Waals surface area (Å²) in [6.45, 7) is 0. The minimum atomic E-state index is -0.583. The molecule has 0 aliphatic carbocycles. The lowest BCUT2D eigenvalue weighted by atomic mass is 9.93. The molecule has 35 heavy (non-hydrogen) atoms. The Bertz CT molecular complexity index is 2120. The summed E-state index contributed by atoms with van der Waals surface area (Å²) in [6.07, 6.45) is 0. The van der Waals surface area contributed by atoms with Crippen LogP contribution in [0, 0.1) is 0 Å². The number of aromatic nitrogens is 2. The van der Waals surface area contributed by atoms with Crippen molar-refractivity contribution >= 4 is 10.8 Å². The average Bonchev–Trinajstić information content (AvgIpc) is 3.05. The van der Waals surface area contributed by atoms with Crippen molar-refractivity contribution < 1.29 is 18.4 Å². The fourth-order valence-corrected chi connectivity index (χ4v) is 4.30. The molecule has 164 valence electrons. The monoisotopic (exact) mass is 458 g/mol. The quantitative estimate of drug-likeness (QED) is 0.267. The molecule has 0 saturated carbocycles. The van der Waals surface area contributed by atoms with E-state index in [1.807, 2.05) is 42.5 Å². The second-order valence-electron chi connectivity index (χ2n) is 7.93. The van der Waals surface area contributed by atoms with E-state index in [0.29, 0.717) is 11.3 Å². The van der Waals surface area contributed by atoms with Crippen molar-refractivity contribution in [3.05, 3.63) is 121 Å². The molecule has 0 saturated heterocycles. The third kappa shape index (κ3) is 3.37. The van der Waals surface area contributed by atoms with Crippen LogP contribution in [0.25, 0.3) is 55.8 Å². The Labute approximate surface area is 217 Å². The summed E-state index contributed by atoms with van der Waals surface area (Å²) >= 11 is 0. The van der Waals surface area contributed by atoms with Gasteiger partial charge in [-0.25, -0.2) is 9.97 Å². The molecule has 0 spiro atoms. The molecule has 6 aromatic rings. The van der Waals surface area contributed by atoms with Crippen molar-refractivity contribution in [2.24, 2.45) is 0 Å². The van der Waals surface area contributed by atoms with Crippen LogP contribution < -0.4 is 4.74 Å². The predicted molar refractivity (Wildman–Crippen MR) is 141 cm³/mol. The first-order chi connectivity index (χ1) is 21.5. The van der Waals surface area contributed by atoms with Crippen LogP contribution in [0.4, 0.5) is 0 Å². The van der Waals surface area contributed by atoms with Gasteiger partial charge in [0.25, 0.3) is 0 Å². The van der Waals surface area contributed by atoms with Gasteiger partial charge in [-0.05, 0) is 41.3 Å². The maximum absolute atomic E-state index is 8.55. The Morgan fingerprint density at radius 1 is 0.571 bits per heavy atom. The Kier molecular flexibility index (Phi) is 2.74. The van der Waals surface area contributed by atoms with Crippen molar-refractivity contribution in [2.45, 2.75) is 0 Å². The summed E-state index contributed by atoms with van der Waals surface area (Å²) in [6, 6.07) is 13.0. The Hall–Kier alpha value is -4.76. The topological polar surface area (TPSA) is 35.0 Å². The first-order valence-electron chi connectivity index (χ1n) is 15.9. The molecule has 0 amide bonds. The molecular formula is C32H20N2O. The van der Waals surface area contributed by atoms with Gasteiger partial charge in [0.1, 0.15) is 11.5 Å². The third-order valence-electron chi connectivity index (χ3n) is 5.86. The molecule has 1 aromatic heterocycles. The molecule has 7 rings (SSSR count). The third-order valence-corrected chi connectivity index (χ3v) is 5.86. The molecule has 0 N–H and O–H groups in total. The van der Waals surface area contributed by atoms with Crippen molar-refractivity contribution in [1.82, 2.24) is 9.97 Å². The SMILES string of the molecule is [2H]c1c([2H])c([2H])c(-c2cc(-c3ccc4c(c3)-c3cccc5cccc(c35)O4)nc(-c3c([2H])c([2H])c([2H])c([2H])c3[2H])n2)c([2H])c1[2H]. The van der Waals surface area contributed by atoms with Crippen molar-refractivity contribution in [3.63, 3.8) is 0 Å². The lowest BCUT2D eigenvalue weighted by molar-refractivity contribution is 0.487. The maximum Gasteiger partial charge on any atom is 0.160 e. The highest BCUT2D eigenvalue weighted by Gasteiger charge is 2.21. The van der Waals surface area contributed by atoms with Gasteiger partial charge in [-0.3, -0.25) is 0 Å². The molecule has 0 fully saturated rings. The Morgan fingerprint density at radius 2 is 1.26 bits per heavy atom. The van der Waals surface area contributed by atoms with Gasteiger partial charge in [-0.1, -0.05) is 90.8 Å². The predicted octanol–water partition coefficient (Wildman–Crippen LogP) is 8.40. The zero-order chi connectivity index (χ0) is 31.9. The molecule has 2 heterocycles. The van der Waals surface area contributed by atoms with E-state index >= 15 is 0 Å². The minimum absolute atomic E-state index is 0.0692. The van der Waals surface area contributed by atoms with Crippen molar-refractivity contribution in [3.8, 4) is 56.5 Å². The summed E-state index contributed by atoms with van der Waals surface area (Å²) < 4.78 is 89.1. The largest absolute Gasteiger partial charge is 0.456 e. The summed E-state index contributed by atoms with van der Waals surface area (Å²) in [7, 11) is 0. The highest BCUT2D eigenvalue weighted by Crippen LogP contribution is 2.47. The van der Waals surface area contributed by atoms with Crippen LogP contribution in [0.15, 0.2) is 121 Å². The summed E-state index contributed by atoms with van der Waals surface area (Å²) in [5.74, 6) is 1.07. The van der Waals surface area contributed by atoms with E-state index in [9.17, 15) is 0 Å². The van der Waals surface area contributed by atoms with Crippen LogP contribution in [0.3, 0.4) is 0 Å². The van der Waals surface area contributed by atoms with Gasteiger partial charge in [0.2, 0.25) is 0 Å². The second-order valence-corrected chi connectivity index (χ2v) is 7.93. The number of ether oxygens (including phenoxy) is 1. The molecule has 1 aliphatic heterocycles. The Balaban J connectivity index is 1.52. The van der Waals surface area contributed by atoms with Crippen LogP contribution in [-0.2, 0) is 0 Å². The maximum atomic E-state index is 8.55. The highest BCUT2D eigenvalue weighted by atomic mass is 16.5. The van der Waals surface area contributed by atoms with E-state index in [2.05, 4.69) is 9.97 Å². The molecule has 0 atom stereocenters. The lowest BCUT2D eigenvalue weighted by Gasteiger charge is -2.22. The van der Waals surface area contributed by atoms with Gasteiger partial charge in [0, 0.05) is 27.6 Å². The van der Waals surface area contributed by atoms with E-state index in [4.69, 9.17) is 18.4 Å². The Morgan fingerprint density at radius 3 is 2.03 bits per heavy atom. The van der Waals surface area contributed by atoms with E-state index in [-0.39, 0.29) is 28.3 Å². The van der Waals surface area contributed by atoms with Crippen LogP contribution in [0.2, 0.25) is 0 Å². The molecule has 0 radical (unpaired) electrons. The molecular weight excluding hydrogens is 428 g/mol. The minimum Gasteiger partial charge on any atom is -0.456 e. The highest BCUT2D eigenvalue weighted by molar-refractivity contribution is 6.04. The van der Waals surface area contributed by atoms with Gasteiger partial charge < -0.3 is 4.74 Å². The van der Waals surface area contributed by atoms with Gasteiger partial charge in [0.15, 0.2) is 5.82 Å². The van der Waals surface area contributed by atoms with Gasteiger partial charge in [-0.2, -0.15) is 0 Å².